The van der Waals surface area contributed by atoms with Gasteiger partial charge in [-0.05, 0) is 24.7 Å². The predicted octanol–water partition coefficient (Wildman–Crippen LogP) is 0.868. The zero-order valence-corrected chi connectivity index (χ0v) is 11.1. The van der Waals surface area contributed by atoms with Gasteiger partial charge in [-0.3, -0.25) is 4.79 Å². The van der Waals surface area contributed by atoms with E-state index in [2.05, 4.69) is 5.32 Å². The molecule has 1 aliphatic heterocycles. The fourth-order valence-corrected chi connectivity index (χ4v) is 2.66. The third-order valence-electron chi connectivity index (χ3n) is 3.79. The lowest BCUT2D eigenvalue weighted by molar-refractivity contribution is -0.146. The van der Waals surface area contributed by atoms with Crippen LogP contribution in [0.25, 0.3) is 0 Å². The number of ether oxygens (including phenoxy) is 2. The van der Waals surface area contributed by atoms with Crippen molar-refractivity contribution in [3.05, 3.63) is 0 Å². The molecule has 1 aliphatic carbocycles. The van der Waals surface area contributed by atoms with Crippen LogP contribution in [0, 0.1) is 11.8 Å². The van der Waals surface area contributed by atoms with Crippen LogP contribution in [0.15, 0.2) is 0 Å². The van der Waals surface area contributed by atoms with Gasteiger partial charge in [0.25, 0.3) is 0 Å². The van der Waals surface area contributed by atoms with Crippen LogP contribution >= 0.6 is 0 Å². The average molecular weight is 255 g/mol. The summed E-state index contributed by atoms with van der Waals surface area (Å²) in [6.07, 6.45) is 3.23. The van der Waals surface area contributed by atoms with Crippen molar-refractivity contribution in [1.29, 1.82) is 0 Å². The monoisotopic (exact) mass is 255 g/mol. The molecule has 0 aromatic carbocycles. The van der Waals surface area contributed by atoms with E-state index in [1.54, 1.807) is 0 Å². The van der Waals surface area contributed by atoms with Crippen LogP contribution in [-0.2, 0) is 19.1 Å². The normalized spacial score (nSPS) is 30.8. The largest absolute Gasteiger partial charge is 0.467 e. The number of epoxide rings is 1. The summed E-state index contributed by atoms with van der Waals surface area (Å²) < 4.78 is 10.1. The zero-order chi connectivity index (χ0) is 13.3. The van der Waals surface area contributed by atoms with E-state index in [0.717, 1.165) is 12.8 Å². The summed E-state index contributed by atoms with van der Waals surface area (Å²) in [7, 11) is 1.34. The van der Waals surface area contributed by atoms with E-state index in [-0.39, 0.29) is 23.9 Å². The molecular weight excluding hydrogens is 234 g/mol. The Morgan fingerprint density at radius 1 is 1.39 bits per heavy atom. The maximum Gasteiger partial charge on any atom is 0.328 e. The highest BCUT2D eigenvalue weighted by molar-refractivity contribution is 5.84. The van der Waals surface area contributed by atoms with Crippen LogP contribution in [0.1, 0.15) is 33.1 Å². The van der Waals surface area contributed by atoms with Gasteiger partial charge in [-0.15, -0.1) is 0 Å². The van der Waals surface area contributed by atoms with Crippen molar-refractivity contribution in [2.75, 3.05) is 7.11 Å². The van der Waals surface area contributed by atoms with Gasteiger partial charge in [-0.25, -0.2) is 4.79 Å². The number of carbonyl (C=O) groups is 2. The first-order valence-corrected chi connectivity index (χ1v) is 6.55. The number of hydrogen-bond donors (Lipinski definition) is 1. The number of carbonyl (C=O) groups excluding carboxylic acids is 2. The molecular formula is C13H21NO4. The van der Waals surface area contributed by atoms with Crippen LogP contribution in [0.3, 0.4) is 0 Å². The van der Waals surface area contributed by atoms with Crippen LogP contribution in [0.5, 0.6) is 0 Å². The third-order valence-corrected chi connectivity index (χ3v) is 3.79. The third kappa shape index (κ3) is 2.83. The summed E-state index contributed by atoms with van der Waals surface area (Å²) in [4.78, 5) is 23.5. The molecule has 0 unspecified atom stereocenters. The van der Waals surface area contributed by atoms with Gasteiger partial charge in [0.1, 0.15) is 6.04 Å². The maximum atomic E-state index is 11.9. The summed E-state index contributed by atoms with van der Waals surface area (Å²) >= 11 is 0. The van der Waals surface area contributed by atoms with Crippen molar-refractivity contribution in [3.8, 4) is 0 Å². The molecule has 5 heteroatoms. The summed E-state index contributed by atoms with van der Waals surface area (Å²) in [5.41, 5.74) is 0. The molecule has 2 fully saturated rings. The van der Waals surface area contributed by atoms with Crippen molar-refractivity contribution in [2.24, 2.45) is 11.8 Å². The van der Waals surface area contributed by atoms with Crippen molar-refractivity contribution >= 4 is 11.9 Å². The molecule has 2 aliphatic rings. The Hall–Kier alpha value is -1.10. The molecule has 1 saturated heterocycles. The summed E-state index contributed by atoms with van der Waals surface area (Å²) in [5.74, 6) is -0.124. The van der Waals surface area contributed by atoms with Crippen molar-refractivity contribution in [2.45, 2.75) is 51.4 Å². The molecule has 1 amide bonds. The first-order valence-electron chi connectivity index (χ1n) is 6.55. The first kappa shape index (κ1) is 13.3. The predicted molar refractivity (Wildman–Crippen MR) is 64.8 cm³/mol. The first-order chi connectivity index (χ1) is 8.52. The second-order valence-corrected chi connectivity index (χ2v) is 5.49. The quantitative estimate of drug-likeness (QED) is 0.584. The Morgan fingerprint density at radius 2 is 2.11 bits per heavy atom. The molecule has 18 heavy (non-hydrogen) atoms. The fourth-order valence-electron chi connectivity index (χ4n) is 2.66. The molecule has 5 nitrogen and oxygen atoms in total. The Kier molecular flexibility index (Phi) is 3.90. The van der Waals surface area contributed by atoms with Gasteiger partial charge in [-0.2, -0.15) is 0 Å². The van der Waals surface area contributed by atoms with E-state index in [1.165, 1.54) is 7.11 Å². The number of fused-ring (bicyclic) bond motifs is 1. The van der Waals surface area contributed by atoms with Crippen LogP contribution in [0.4, 0.5) is 0 Å². The van der Waals surface area contributed by atoms with E-state index >= 15 is 0 Å². The minimum absolute atomic E-state index is 0.0231. The molecule has 1 saturated carbocycles. The second kappa shape index (κ2) is 5.26. The van der Waals surface area contributed by atoms with Crippen molar-refractivity contribution < 1.29 is 19.1 Å². The molecule has 0 aromatic heterocycles. The number of hydrogen-bond acceptors (Lipinski definition) is 4. The number of amides is 1. The smallest absolute Gasteiger partial charge is 0.328 e. The minimum Gasteiger partial charge on any atom is -0.467 e. The highest BCUT2D eigenvalue weighted by Crippen LogP contribution is 2.44. The highest BCUT2D eigenvalue weighted by Gasteiger charge is 2.50. The molecule has 4 atom stereocenters. The van der Waals surface area contributed by atoms with E-state index in [4.69, 9.17) is 9.47 Å². The number of nitrogens with one attached hydrogen (secondary N) is 1. The highest BCUT2D eigenvalue weighted by atomic mass is 16.6. The Bertz CT molecular complexity index is 342. The molecule has 0 bridgehead atoms. The molecule has 0 radical (unpaired) electrons. The van der Waals surface area contributed by atoms with E-state index in [1.807, 2.05) is 13.8 Å². The van der Waals surface area contributed by atoms with Gasteiger partial charge in [0.15, 0.2) is 0 Å². The zero-order valence-electron chi connectivity index (χ0n) is 11.1. The Labute approximate surface area is 107 Å². The Morgan fingerprint density at radius 3 is 2.56 bits per heavy atom. The van der Waals surface area contributed by atoms with E-state index in [0.29, 0.717) is 18.4 Å². The van der Waals surface area contributed by atoms with Crippen LogP contribution in [0.2, 0.25) is 0 Å². The van der Waals surface area contributed by atoms with E-state index < -0.39 is 6.04 Å². The molecule has 1 N–H and O–H groups in total. The van der Waals surface area contributed by atoms with Crippen molar-refractivity contribution in [1.82, 2.24) is 5.32 Å². The van der Waals surface area contributed by atoms with E-state index in [9.17, 15) is 9.59 Å². The minimum atomic E-state index is -0.556. The lowest BCUT2D eigenvalue weighted by Crippen LogP contribution is -2.45. The number of methoxy groups -OCH3 is 1. The lowest BCUT2D eigenvalue weighted by atomic mass is 10.0. The summed E-state index contributed by atoms with van der Waals surface area (Å²) in [6, 6.07) is -0.556. The van der Waals surface area contributed by atoms with Crippen LogP contribution < -0.4 is 5.32 Å². The lowest BCUT2D eigenvalue weighted by Gasteiger charge is -2.20. The molecule has 1 heterocycles. The van der Waals surface area contributed by atoms with Gasteiger partial charge in [0, 0.05) is 6.42 Å². The summed E-state index contributed by atoms with van der Waals surface area (Å²) in [5, 5.41) is 2.76. The van der Waals surface area contributed by atoms with Crippen molar-refractivity contribution in [3.63, 3.8) is 0 Å². The second-order valence-electron chi connectivity index (χ2n) is 5.49. The molecule has 2 rings (SSSR count). The number of esters is 1. The number of rotatable bonds is 5. The standard InChI is InChI=1S/C13H21NO4/c1-7(2)11(13(16)17-3)14-10(15)6-8-4-5-9-12(8)18-9/h7-9,11-12H,4-6H2,1-3H3,(H,14,15)/t8-,9+,11-,12-/m0/s1. The van der Waals surface area contributed by atoms with Gasteiger partial charge >= 0.3 is 5.97 Å². The molecule has 102 valence electrons. The molecule has 0 aromatic rings. The Balaban J connectivity index is 1.82. The summed E-state index contributed by atoms with van der Waals surface area (Å²) in [6.45, 7) is 3.77. The fraction of sp³-hybridized carbons (Fsp3) is 0.846. The average Bonchev–Trinajstić information content (AvgIpc) is 3.02. The maximum absolute atomic E-state index is 11.9. The van der Waals surface area contributed by atoms with Gasteiger partial charge in [-0.1, -0.05) is 13.8 Å². The van der Waals surface area contributed by atoms with Gasteiger partial charge < -0.3 is 14.8 Å². The topological polar surface area (TPSA) is 67.9 Å². The van der Waals surface area contributed by atoms with Gasteiger partial charge in [0.2, 0.25) is 5.91 Å². The van der Waals surface area contributed by atoms with Gasteiger partial charge in [0.05, 0.1) is 19.3 Å². The van der Waals surface area contributed by atoms with Crippen LogP contribution in [-0.4, -0.2) is 37.2 Å². The molecule has 0 spiro atoms. The SMILES string of the molecule is COC(=O)[C@@H](NC(=O)C[C@@H]1CC[C@H]2O[C@@H]12)C(C)C.